The van der Waals surface area contributed by atoms with Gasteiger partial charge in [0.15, 0.2) is 24.6 Å². The van der Waals surface area contributed by atoms with Gasteiger partial charge in [-0.2, -0.15) is 0 Å². The number of likely N-dealkylation sites (tertiary alicyclic amines) is 1. The molecule has 2 aliphatic heterocycles. The standard InChI is InChI=1S/C65H63NO15/c1-73-53-35-31-49(32-36-53)65(48-28-16-7-17-29-48,50-33-37-54(74-2)38-34-50)77-42-51-40-52(67)41-66(51)56(68)30-18-19-39-75-64-59(81-63(72)47-26-14-6-15-27-47)58(80-62(71)46-24-12-5-13-25-46)57(79-61(70)45-22-10-4-11-23-45)55(78-64)43-76-60(69)44-20-8-3-9-21-44/h3-17,20-29,31-38,51-52,55,57-59,64,67H,18-19,30,39-43H2,1-2H3/t51-,52+,55?,57-,58-,59?,64+/m0/s1. The molecular formula is C65H63NO15. The number of aliphatic hydroxyl groups is 1. The minimum atomic E-state index is -1.60. The number of β-amino-alcohol motifs (C(OH)–C–C–N with tert-alkyl or cyclic N) is 1. The molecular weight excluding hydrogens is 1030 g/mol. The fourth-order valence-electron chi connectivity index (χ4n) is 10.0. The summed E-state index contributed by atoms with van der Waals surface area (Å²) in [6, 6.07) is 57.2. The summed E-state index contributed by atoms with van der Waals surface area (Å²) in [4.78, 5) is 71.4. The Hall–Kier alpha value is -8.67. The molecule has 7 aromatic carbocycles. The topological polar surface area (TPSA) is 192 Å². The molecule has 0 spiro atoms. The molecule has 0 bridgehead atoms. The summed E-state index contributed by atoms with van der Waals surface area (Å²) in [6.07, 6.45) is -7.43. The zero-order valence-corrected chi connectivity index (χ0v) is 44.9. The van der Waals surface area contributed by atoms with Gasteiger partial charge < -0.3 is 52.6 Å². The number of unbranched alkanes of at least 4 members (excludes halogenated alkanes) is 1. The average Bonchev–Trinajstić information content (AvgIpc) is 3.93. The van der Waals surface area contributed by atoms with Gasteiger partial charge in [0.25, 0.3) is 0 Å². The number of benzene rings is 7. The van der Waals surface area contributed by atoms with Crippen molar-refractivity contribution in [2.24, 2.45) is 0 Å². The second kappa shape index (κ2) is 27.5. The number of hydrogen-bond acceptors (Lipinski definition) is 15. The number of nitrogens with zero attached hydrogens (tertiary/aromatic N) is 1. The van der Waals surface area contributed by atoms with Crippen LogP contribution in [0.1, 0.15) is 83.8 Å². The van der Waals surface area contributed by atoms with Crippen LogP contribution < -0.4 is 9.47 Å². The first kappa shape index (κ1) is 57.0. The molecule has 7 atom stereocenters. The lowest BCUT2D eigenvalue weighted by Crippen LogP contribution is -2.63. The molecule has 81 heavy (non-hydrogen) atoms. The van der Waals surface area contributed by atoms with Crippen molar-refractivity contribution in [3.63, 3.8) is 0 Å². The lowest BCUT2D eigenvalue weighted by atomic mass is 9.80. The Kier molecular flexibility index (Phi) is 19.3. The smallest absolute Gasteiger partial charge is 0.338 e. The largest absolute Gasteiger partial charge is 0.497 e. The van der Waals surface area contributed by atoms with Crippen molar-refractivity contribution in [1.29, 1.82) is 0 Å². The summed E-state index contributed by atoms with van der Waals surface area (Å²) >= 11 is 0. The molecule has 2 unspecified atom stereocenters. The van der Waals surface area contributed by atoms with Crippen LogP contribution in [0, 0.1) is 0 Å². The number of carbonyl (C=O) groups excluding carboxylic acids is 5. The number of methoxy groups -OCH3 is 2. The molecule has 1 N–H and O–H groups in total. The first-order valence-electron chi connectivity index (χ1n) is 26.8. The van der Waals surface area contributed by atoms with E-state index in [4.69, 9.17) is 42.6 Å². The van der Waals surface area contributed by atoms with Gasteiger partial charge in [-0.3, -0.25) is 4.79 Å². The Morgan fingerprint density at radius 1 is 0.519 bits per heavy atom. The second-order valence-corrected chi connectivity index (χ2v) is 19.4. The first-order chi connectivity index (χ1) is 39.5. The fourth-order valence-corrected chi connectivity index (χ4v) is 10.0. The van der Waals surface area contributed by atoms with Gasteiger partial charge in [-0.25, -0.2) is 19.2 Å². The molecule has 0 aliphatic carbocycles. The van der Waals surface area contributed by atoms with Gasteiger partial charge in [0.2, 0.25) is 5.91 Å². The minimum absolute atomic E-state index is 0.0677. The summed E-state index contributed by atoms with van der Waals surface area (Å²) in [5.74, 6) is -2.08. The Morgan fingerprint density at radius 2 is 0.951 bits per heavy atom. The van der Waals surface area contributed by atoms with Gasteiger partial charge in [-0.1, -0.05) is 127 Å². The van der Waals surface area contributed by atoms with Gasteiger partial charge in [-0.15, -0.1) is 0 Å². The zero-order chi connectivity index (χ0) is 56.6. The molecule has 16 nitrogen and oxygen atoms in total. The van der Waals surface area contributed by atoms with E-state index < -0.39 is 78.9 Å². The van der Waals surface area contributed by atoms with E-state index in [-0.39, 0.29) is 67.2 Å². The number of ether oxygens (including phenoxy) is 9. The van der Waals surface area contributed by atoms with Crippen molar-refractivity contribution in [3.05, 3.63) is 239 Å². The van der Waals surface area contributed by atoms with Crippen LogP contribution in [0.3, 0.4) is 0 Å². The number of rotatable bonds is 23. The van der Waals surface area contributed by atoms with Crippen molar-refractivity contribution in [2.45, 2.75) is 74.1 Å². The van der Waals surface area contributed by atoms with Crippen LogP contribution in [-0.4, -0.2) is 123 Å². The molecule has 0 radical (unpaired) electrons. The monoisotopic (exact) mass is 1100 g/mol. The van der Waals surface area contributed by atoms with Crippen molar-refractivity contribution < 1.29 is 71.7 Å². The van der Waals surface area contributed by atoms with Crippen molar-refractivity contribution >= 4 is 29.8 Å². The third-order valence-electron chi connectivity index (χ3n) is 14.2. The Morgan fingerprint density at radius 3 is 1.43 bits per heavy atom. The van der Waals surface area contributed by atoms with Gasteiger partial charge >= 0.3 is 23.9 Å². The third kappa shape index (κ3) is 14.0. The van der Waals surface area contributed by atoms with Crippen LogP contribution in [0.25, 0.3) is 0 Å². The van der Waals surface area contributed by atoms with Gasteiger partial charge in [0.1, 0.15) is 29.8 Å². The first-order valence-corrected chi connectivity index (χ1v) is 26.8. The van der Waals surface area contributed by atoms with E-state index in [1.165, 1.54) is 24.3 Å². The van der Waals surface area contributed by atoms with Gasteiger partial charge in [-0.05, 0) is 109 Å². The van der Waals surface area contributed by atoms with Crippen LogP contribution >= 0.6 is 0 Å². The lowest BCUT2D eigenvalue weighted by molar-refractivity contribution is -0.298. The lowest BCUT2D eigenvalue weighted by Gasteiger charge is -2.44. The van der Waals surface area contributed by atoms with Crippen LogP contribution in [0.15, 0.2) is 200 Å². The molecule has 2 saturated heterocycles. The highest BCUT2D eigenvalue weighted by Gasteiger charge is 2.54. The number of amides is 1. The maximum Gasteiger partial charge on any atom is 0.338 e. The van der Waals surface area contributed by atoms with Crippen LogP contribution in [0.2, 0.25) is 0 Å². The van der Waals surface area contributed by atoms with E-state index >= 15 is 0 Å². The maximum atomic E-state index is 14.3. The van der Waals surface area contributed by atoms with E-state index in [1.807, 2.05) is 78.9 Å². The maximum absolute atomic E-state index is 14.3. The summed E-state index contributed by atoms with van der Waals surface area (Å²) in [5.41, 5.74) is 2.02. The van der Waals surface area contributed by atoms with E-state index in [9.17, 15) is 29.1 Å². The van der Waals surface area contributed by atoms with Crippen LogP contribution in [0.4, 0.5) is 0 Å². The van der Waals surface area contributed by atoms with E-state index in [0.29, 0.717) is 17.9 Å². The van der Waals surface area contributed by atoms with E-state index in [0.717, 1.165) is 16.7 Å². The molecule has 2 fully saturated rings. The predicted molar refractivity (Wildman–Crippen MR) is 297 cm³/mol. The molecule has 16 heteroatoms. The van der Waals surface area contributed by atoms with E-state index in [2.05, 4.69) is 0 Å². The number of carbonyl (C=O) groups is 5. The summed E-state index contributed by atoms with van der Waals surface area (Å²) in [5, 5.41) is 11.1. The molecule has 0 saturated carbocycles. The van der Waals surface area contributed by atoms with E-state index in [1.54, 1.807) is 116 Å². The highest BCUT2D eigenvalue weighted by atomic mass is 16.7. The second-order valence-electron chi connectivity index (χ2n) is 19.4. The Labute approximate surface area is 470 Å². The van der Waals surface area contributed by atoms with Crippen LogP contribution in [0.5, 0.6) is 11.5 Å². The summed E-state index contributed by atoms with van der Waals surface area (Å²) in [6.45, 7) is -0.417. The highest BCUT2D eigenvalue weighted by molar-refractivity contribution is 5.91. The quantitative estimate of drug-likeness (QED) is 0.0276. The molecule has 7 aromatic rings. The van der Waals surface area contributed by atoms with Gasteiger partial charge in [0, 0.05) is 19.6 Å². The molecule has 2 aliphatic rings. The molecule has 0 aromatic heterocycles. The SMILES string of the molecule is COc1ccc(C(OC[C@@H]2C[C@@H](O)CN2C(=O)CCCCO[C@@H]2OC(COC(=O)c3ccccc3)[C@H](OC(=O)c3ccccc3)[C@H](OC(=O)c3ccccc3)C2OC(=O)c2ccccc2)(c2ccccc2)c2ccc(OC)cc2)cc1. The molecule has 9 rings (SSSR count). The van der Waals surface area contributed by atoms with Crippen molar-refractivity contribution in [1.82, 2.24) is 4.90 Å². The number of hydrogen-bond donors (Lipinski definition) is 1. The summed E-state index contributed by atoms with van der Waals surface area (Å²) < 4.78 is 55.4. The highest BCUT2D eigenvalue weighted by Crippen LogP contribution is 2.43. The fraction of sp³-hybridized carbons (Fsp3) is 0.277. The average molecular weight is 1100 g/mol. The number of aliphatic hydroxyl groups excluding tert-OH is 1. The van der Waals surface area contributed by atoms with Crippen molar-refractivity contribution in [2.75, 3.05) is 40.6 Å². The Bertz CT molecular complexity index is 3100. The normalized spacial score (nSPS) is 19.6. The van der Waals surface area contributed by atoms with Gasteiger partial charge in [0.05, 0.1) is 55.2 Å². The minimum Gasteiger partial charge on any atom is -0.497 e. The van der Waals surface area contributed by atoms with Crippen LogP contribution in [-0.2, 0) is 43.6 Å². The third-order valence-corrected chi connectivity index (χ3v) is 14.2. The zero-order valence-electron chi connectivity index (χ0n) is 44.9. The number of esters is 4. The molecule has 2 heterocycles. The summed E-state index contributed by atoms with van der Waals surface area (Å²) in [7, 11) is 3.21. The predicted octanol–water partition coefficient (Wildman–Crippen LogP) is 9.42. The molecule has 1 amide bonds. The van der Waals surface area contributed by atoms with Crippen molar-refractivity contribution in [3.8, 4) is 11.5 Å². The molecule has 418 valence electrons. The Balaban J connectivity index is 0.947.